The fourth-order valence-electron chi connectivity index (χ4n) is 1.58. The summed E-state index contributed by atoms with van der Waals surface area (Å²) in [5.74, 6) is 1.21. The third-order valence-corrected chi connectivity index (χ3v) is 2.47. The molecule has 4 heteroatoms. The number of hydrogen-bond acceptors (Lipinski definition) is 3. The van der Waals surface area contributed by atoms with Crippen LogP contribution in [-0.4, -0.2) is 23.8 Å². The van der Waals surface area contributed by atoms with E-state index in [2.05, 4.69) is 13.8 Å². The molecule has 0 aliphatic rings. The van der Waals surface area contributed by atoms with Gasteiger partial charge in [0.05, 0.1) is 6.61 Å². The summed E-state index contributed by atoms with van der Waals surface area (Å²) in [6.45, 7) is 4.96. The van der Waals surface area contributed by atoms with Crippen LogP contribution in [0.2, 0.25) is 0 Å². The topological polar surface area (TPSA) is 49.7 Å². The summed E-state index contributed by atoms with van der Waals surface area (Å²) in [5, 5.41) is 18.0. The van der Waals surface area contributed by atoms with Gasteiger partial charge in [-0.15, -0.1) is 0 Å². The average molecular weight is 222 g/mol. The van der Waals surface area contributed by atoms with Crippen LogP contribution in [0.4, 0.5) is 0 Å². The second kappa shape index (κ2) is 6.56. The van der Waals surface area contributed by atoms with E-state index in [1.54, 1.807) is 18.2 Å². The number of benzene rings is 1. The third-order valence-electron chi connectivity index (χ3n) is 2.47. The quantitative estimate of drug-likeness (QED) is 0.710. The van der Waals surface area contributed by atoms with E-state index in [0.717, 1.165) is 12.8 Å². The van der Waals surface area contributed by atoms with Gasteiger partial charge in [-0.2, -0.15) is 0 Å². The summed E-state index contributed by atoms with van der Waals surface area (Å²) in [6.07, 6.45) is 2.29. The Hall–Kier alpha value is -0.995. The first-order valence-electron chi connectivity index (χ1n) is 5.72. The molecule has 2 N–H and O–H groups in total. The van der Waals surface area contributed by atoms with Gasteiger partial charge in [0.25, 0.3) is 0 Å². The maximum atomic E-state index is 9.01. The van der Waals surface area contributed by atoms with Crippen molar-refractivity contribution in [3.63, 3.8) is 0 Å². The molecule has 0 aliphatic heterocycles. The van der Waals surface area contributed by atoms with Gasteiger partial charge in [-0.3, -0.25) is 0 Å². The highest BCUT2D eigenvalue weighted by Crippen LogP contribution is 2.11. The molecular formula is C12H19BO3. The molecule has 0 spiro atoms. The highest BCUT2D eigenvalue weighted by Gasteiger charge is 2.11. The van der Waals surface area contributed by atoms with Gasteiger partial charge in [0.2, 0.25) is 0 Å². The molecule has 1 aromatic rings. The van der Waals surface area contributed by atoms with Crippen LogP contribution in [0.3, 0.4) is 0 Å². The Morgan fingerprint density at radius 2 is 2.12 bits per heavy atom. The fourth-order valence-corrected chi connectivity index (χ4v) is 1.58. The minimum Gasteiger partial charge on any atom is -0.493 e. The fraction of sp³-hybridized carbons (Fsp3) is 0.500. The van der Waals surface area contributed by atoms with E-state index in [0.29, 0.717) is 23.7 Å². The Bertz CT molecular complexity index is 315. The van der Waals surface area contributed by atoms with Crippen LogP contribution in [0.15, 0.2) is 24.3 Å². The van der Waals surface area contributed by atoms with Crippen molar-refractivity contribution >= 4 is 12.6 Å². The molecular weight excluding hydrogens is 203 g/mol. The van der Waals surface area contributed by atoms with Crippen LogP contribution in [0.5, 0.6) is 5.75 Å². The summed E-state index contributed by atoms with van der Waals surface area (Å²) in [6, 6.07) is 6.90. The summed E-state index contributed by atoms with van der Waals surface area (Å²) in [7, 11) is -1.43. The zero-order valence-corrected chi connectivity index (χ0v) is 9.89. The van der Waals surface area contributed by atoms with Gasteiger partial charge in [0.15, 0.2) is 0 Å². The summed E-state index contributed by atoms with van der Waals surface area (Å²) >= 11 is 0. The van der Waals surface area contributed by atoms with E-state index in [9.17, 15) is 0 Å². The van der Waals surface area contributed by atoms with Gasteiger partial charge in [-0.25, -0.2) is 0 Å². The highest BCUT2D eigenvalue weighted by atomic mass is 16.5. The van der Waals surface area contributed by atoms with Crippen molar-refractivity contribution in [2.24, 2.45) is 5.92 Å². The summed E-state index contributed by atoms with van der Waals surface area (Å²) in [4.78, 5) is 0. The van der Waals surface area contributed by atoms with Crippen molar-refractivity contribution in [2.75, 3.05) is 6.61 Å². The van der Waals surface area contributed by atoms with Gasteiger partial charge >= 0.3 is 7.12 Å². The van der Waals surface area contributed by atoms with E-state index in [1.165, 1.54) is 0 Å². The Kier molecular flexibility index (Phi) is 5.36. The van der Waals surface area contributed by atoms with Crippen molar-refractivity contribution in [3.8, 4) is 5.75 Å². The van der Waals surface area contributed by atoms with Crippen molar-refractivity contribution in [1.29, 1.82) is 0 Å². The summed E-state index contributed by atoms with van der Waals surface area (Å²) < 4.78 is 5.59. The first kappa shape index (κ1) is 13.1. The molecule has 0 saturated heterocycles. The molecule has 1 aromatic carbocycles. The molecule has 0 bridgehead atoms. The zero-order valence-electron chi connectivity index (χ0n) is 9.89. The molecule has 0 aromatic heterocycles. The van der Waals surface area contributed by atoms with Crippen LogP contribution in [0.25, 0.3) is 0 Å². The van der Waals surface area contributed by atoms with Crippen molar-refractivity contribution in [3.05, 3.63) is 24.3 Å². The molecule has 0 aliphatic carbocycles. The predicted molar refractivity (Wildman–Crippen MR) is 65.8 cm³/mol. The smallest absolute Gasteiger partial charge is 0.488 e. The number of ether oxygens (including phenoxy) is 1. The first-order valence-corrected chi connectivity index (χ1v) is 5.72. The number of hydrogen-bond donors (Lipinski definition) is 2. The minimum absolute atomic E-state index is 0.459. The minimum atomic E-state index is -1.43. The molecule has 0 amide bonds. The molecule has 88 valence electrons. The summed E-state index contributed by atoms with van der Waals surface area (Å²) in [5.41, 5.74) is 0.459. The molecule has 3 nitrogen and oxygen atoms in total. The van der Waals surface area contributed by atoms with Crippen LogP contribution in [0, 0.1) is 5.92 Å². The van der Waals surface area contributed by atoms with Crippen LogP contribution in [-0.2, 0) is 0 Å². The van der Waals surface area contributed by atoms with Crippen LogP contribution in [0.1, 0.15) is 26.7 Å². The third kappa shape index (κ3) is 4.25. The lowest BCUT2D eigenvalue weighted by Crippen LogP contribution is -2.29. The van der Waals surface area contributed by atoms with Crippen molar-refractivity contribution < 1.29 is 14.8 Å². The molecule has 0 saturated carbocycles. The monoisotopic (exact) mass is 222 g/mol. The normalized spacial score (nSPS) is 12.2. The van der Waals surface area contributed by atoms with E-state index in [1.807, 2.05) is 6.07 Å². The first-order chi connectivity index (χ1) is 7.63. The predicted octanol–water partition coefficient (Wildman–Crippen LogP) is 1.18. The Balaban J connectivity index is 2.50. The molecule has 1 rings (SSSR count). The average Bonchev–Trinajstić information content (AvgIpc) is 2.27. The van der Waals surface area contributed by atoms with Crippen LogP contribution >= 0.6 is 0 Å². The van der Waals surface area contributed by atoms with E-state index < -0.39 is 7.12 Å². The molecule has 0 radical (unpaired) electrons. The van der Waals surface area contributed by atoms with Gasteiger partial charge in [0, 0.05) is 0 Å². The van der Waals surface area contributed by atoms with Crippen molar-refractivity contribution in [1.82, 2.24) is 0 Å². The standard InChI is InChI=1S/C12H19BO3/c1-3-5-10(2)9-16-12-7-4-6-11(8-12)13(14)15/h4,6-8,10,14-15H,3,5,9H2,1-2H3. The maximum absolute atomic E-state index is 9.01. The Morgan fingerprint density at radius 1 is 1.38 bits per heavy atom. The Labute approximate surface area is 97.2 Å². The highest BCUT2D eigenvalue weighted by molar-refractivity contribution is 6.58. The largest absolute Gasteiger partial charge is 0.493 e. The lowest BCUT2D eigenvalue weighted by molar-refractivity contribution is 0.251. The van der Waals surface area contributed by atoms with Gasteiger partial charge in [-0.1, -0.05) is 32.4 Å². The van der Waals surface area contributed by atoms with E-state index in [-0.39, 0.29) is 0 Å². The van der Waals surface area contributed by atoms with Crippen molar-refractivity contribution in [2.45, 2.75) is 26.7 Å². The SMILES string of the molecule is CCCC(C)COc1cccc(B(O)O)c1. The van der Waals surface area contributed by atoms with Gasteiger partial charge < -0.3 is 14.8 Å². The second-order valence-electron chi connectivity index (χ2n) is 4.15. The zero-order chi connectivity index (χ0) is 12.0. The van der Waals surface area contributed by atoms with E-state index >= 15 is 0 Å². The molecule has 1 unspecified atom stereocenters. The maximum Gasteiger partial charge on any atom is 0.488 e. The van der Waals surface area contributed by atoms with Crippen LogP contribution < -0.4 is 10.2 Å². The molecule has 1 atom stereocenters. The number of rotatable bonds is 6. The Morgan fingerprint density at radius 3 is 2.75 bits per heavy atom. The second-order valence-corrected chi connectivity index (χ2v) is 4.15. The molecule has 0 fully saturated rings. The van der Waals surface area contributed by atoms with E-state index in [4.69, 9.17) is 14.8 Å². The lowest BCUT2D eigenvalue weighted by atomic mass is 9.80. The van der Waals surface area contributed by atoms with Gasteiger partial charge in [-0.05, 0) is 29.9 Å². The molecule has 16 heavy (non-hydrogen) atoms. The molecule has 0 heterocycles. The van der Waals surface area contributed by atoms with Gasteiger partial charge in [0.1, 0.15) is 5.75 Å². The lowest BCUT2D eigenvalue weighted by Gasteiger charge is -2.12.